The number of hydrogen-bond donors (Lipinski definition) is 1. The van der Waals surface area contributed by atoms with Gasteiger partial charge in [-0.3, -0.25) is 0 Å². The third-order valence-corrected chi connectivity index (χ3v) is 3.95. The highest BCUT2D eigenvalue weighted by atomic mass is 14.9. The monoisotopic (exact) mass is 244 g/mol. The zero-order valence-corrected chi connectivity index (χ0v) is 11.9. The molecular weight excluding hydrogens is 220 g/mol. The van der Waals surface area contributed by atoms with E-state index in [4.69, 9.17) is 5.73 Å². The number of aromatic nitrogens is 1. The molecule has 1 aromatic heterocycles. The van der Waals surface area contributed by atoms with Crippen molar-refractivity contribution < 1.29 is 0 Å². The van der Waals surface area contributed by atoms with Gasteiger partial charge < -0.3 is 10.3 Å². The smallest absolute Gasteiger partial charge is 0.0480 e. The highest BCUT2D eigenvalue weighted by Gasteiger charge is 2.19. The van der Waals surface area contributed by atoms with E-state index in [0.717, 1.165) is 6.42 Å². The lowest BCUT2D eigenvalue weighted by atomic mass is 9.88. The van der Waals surface area contributed by atoms with Gasteiger partial charge in [-0.15, -0.1) is 0 Å². The normalized spacial score (nSPS) is 13.4. The highest BCUT2D eigenvalue weighted by molar-refractivity contribution is 5.85. The topological polar surface area (TPSA) is 30.9 Å². The number of nitrogens with two attached hydrogens (primary N) is 1. The van der Waals surface area contributed by atoms with Crippen LogP contribution in [0, 0.1) is 5.92 Å². The zero-order chi connectivity index (χ0) is 13.3. The Bertz CT molecular complexity index is 537. The molecule has 2 nitrogen and oxygen atoms in total. The summed E-state index contributed by atoms with van der Waals surface area (Å²) >= 11 is 0. The van der Waals surface area contributed by atoms with Gasteiger partial charge in [-0.25, -0.2) is 0 Å². The molecule has 0 spiro atoms. The lowest BCUT2D eigenvalue weighted by Gasteiger charge is -2.18. The molecule has 1 unspecified atom stereocenters. The molecule has 0 aliphatic heterocycles. The Morgan fingerprint density at radius 3 is 2.56 bits per heavy atom. The quantitative estimate of drug-likeness (QED) is 0.877. The molecule has 2 heteroatoms. The molecule has 98 valence electrons. The number of aryl methyl sites for hydroxylation is 2. The fourth-order valence-electron chi connectivity index (χ4n) is 2.74. The van der Waals surface area contributed by atoms with Crippen molar-refractivity contribution in [1.82, 2.24) is 4.57 Å². The molecule has 2 N–H and O–H groups in total. The van der Waals surface area contributed by atoms with Crippen LogP contribution in [0.2, 0.25) is 0 Å². The third-order valence-electron chi connectivity index (χ3n) is 3.95. The zero-order valence-electron chi connectivity index (χ0n) is 11.9. The lowest BCUT2D eigenvalue weighted by Crippen LogP contribution is -2.17. The van der Waals surface area contributed by atoms with Crippen molar-refractivity contribution in [2.24, 2.45) is 18.7 Å². The molecule has 18 heavy (non-hydrogen) atoms. The molecule has 1 atom stereocenters. The second-order valence-corrected chi connectivity index (χ2v) is 5.49. The second kappa shape index (κ2) is 5.15. The van der Waals surface area contributed by atoms with Gasteiger partial charge in [0.1, 0.15) is 0 Å². The molecule has 0 bridgehead atoms. The molecule has 2 rings (SSSR count). The van der Waals surface area contributed by atoms with Crippen LogP contribution < -0.4 is 5.73 Å². The Morgan fingerprint density at radius 2 is 2.00 bits per heavy atom. The van der Waals surface area contributed by atoms with Crippen LogP contribution in [0.1, 0.15) is 37.8 Å². The van der Waals surface area contributed by atoms with Crippen molar-refractivity contribution in [3.05, 3.63) is 35.5 Å². The standard InChI is InChI=1S/C16H24N2/c1-5-12-6-7-16-13(8-12)15(10-18(16)4)14(9-17)11(2)3/h6-8,10-11,14H,5,9,17H2,1-4H3. The number of rotatable bonds is 4. The number of benzene rings is 1. The van der Waals surface area contributed by atoms with Crippen molar-refractivity contribution in [2.75, 3.05) is 6.54 Å². The van der Waals surface area contributed by atoms with Gasteiger partial charge in [0, 0.05) is 30.1 Å². The first-order chi connectivity index (χ1) is 8.58. The molecule has 0 saturated heterocycles. The van der Waals surface area contributed by atoms with Crippen LogP contribution in [-0.2, 0) is 13.5 Å². The fourth-order valence-corrected chi connectivity index (χ4v) is 2.74. The number of fused-ring (bicyclic) bond motifs is 1. The fraction of sp³-hybridized carbons (Fsp3) is 0.500. The van der Waals surface area contributed by atoms with Gasteiger partial charge in [0.2, 0.25) is 0 Å². The van der Waals surface area contributed by atoms with Crippen LogP contribution in [0.15, 0.2) is 24.4 Å². The van der Waals surface area contributed by atoms with E-state index in [9.17, 15) is 0 Å². The van der Waals surface area contributed by atoms with E-state index in [2.05, 4.69) is 56.8 Å². The minimum atomic E-state index is 0.445. The first-order valence-corrected chi connectivity index (χ1v) is 6.86. The average Bonchev–Trinajstić information content (AvgIpc) is 2.67. The van der Waals surface area contributed by atoms with Crippen LogP contribution in [0.5, 0.6) is 0 Å². The molecule has 0 radical (unpaired) electrons. The minimum absolute atomic E-state index is 0.445. The van der Waals surface area contributed by atoms with Crippen LogP contribution in [0.3, 0.4) is 0 Å². The van der Waals surface area contributed by atoms with E-state index < -0.39 is 0 Å². The first-order valence-electron chi connectivity index (χ1n) is 6.86. The molecular formula is C16H24N2. The van der Waals surface area contributed by atoms with E-state index in [1.807, 2.05) is 0 Å². The van der Waals surface area contributed by atoms with Crippen LogP contribution in [0.4, 0.5) is 0 Å². The molecule has 0 fully saturated rings. The van der Waals surface area contributed by atoms with Crippen molar-refractivity contribution in [2.45, 2.75) is 33.1 Å². The van der Waals surface area contributed by atoms with Gasteiger partial charge in [-0.05, 0) is 42.1 Å². The summed E-state index contributed by atoms with van der Waals surface area (Å²) in [5.41, 5.74) is 10.1. The van der Waals surface area contributed by atoms with Gasteiger partial charge >= 0.3 is 0 Å². The Labute approximate surface area is 110 Å². The third kappa shape index (κ3) is 2.17. The maximum Gasteiger partial charge on any atom is 0.0480 e. The summed E-state index contributed by atoms with van der Waals surface area (Å²) in [6.07, 6.45) is 3.33. The molecule has 1 heterocycles. The predicted octanol–water partition coefficient (Wildman–Crippen LogP) is 3.44. The van der Waals surface area contributed by atoms with E-state index in [-0.39, 0.29) is 0 Å². The predicted molar refractivity (Wildman–Crippen MR) is 78.9 cm³/mol. The van der Waals surface area contributed by atoms with Crippen LogP contribution in [0.25, 0.3) is 10.9 Å². The van der Waals surface area contributed by atoms with E-state index in [1.54, 1.807) is 0 Å². The van der Waals surface area contributed by atoms with Crippen LogP contribution in [-0.4, -0.2) is 11.1 Å². The van der Waals surface area contributed by atoms with Crippen molar-refractivity contribution >= 4 is 10.9 Å². The van der Waals surface area contributed by atoms with Crippen molar-refractivity contribution in [3.63, 3.8) is 0 Å². The molecule has 2 aromatic rings. The van der Waals surface area contributed by atoms with Gasteiger partial charge in [-0.1, -0.05) is 26.8 Å². The summed E-state index contributed by atoms with van der Waals surface area (Å²) in [4.78, 5) is 0. The average molecular weight is 244 g/mol. The Kier molecular flexibility index (Phi) is 3.76. The van der Waals surface area contributed by atoms with Gasteiger partial charge in [0.15, 0.2) is 0 Å². The first kappa shape index (κ1) is 13.2. The van der Waals surface area contributed by atoms with Gasteiger partial charge in [0.05, 0.1) is 0 Å². The van der Waals surface area contributed by atoms with Gasteiger partial charge in [0.25, 0.3) is 0 Å². The van der Waals surface area contributed by atoms with Gasteiger partial charge in [-0.2, -0.15) is 0 Å². The Hall–Kier alpha value is -1.28. The molecule has 0 saturated carbocycles. The summed E-state index contributed by atoms with van der Waals surface area (Å²) in [6, 6.07) is 6.78. The van der Waals surface area contributed by atoms with Crippen LogP contribution >= 0.6 is 0 Å². The van der Waals surface area contributed by atoms with Crippen molar-refractivity contribution in [1.29, 1.82) is 0 Å². The second-order valence-electron chi connectivity index (χ2n) is 5.49. The highest BCUT2D eigenvalue weighted by Crippen LogP contribution is 2.32. The number of nitrogens with zero attached hydrogens (tertiary/aromatic N) is 1. The van der Waals surface area contributed by atoms with Crippen molar-refractivity contribution in [3.8, 4) is 0 Å². The summed E-state index contributed by atoms with van der Waals surface area (Å²) in [5.74, 6) is 1.02. The molecule has 0 amide bonds. The molecule has 1 aromatic carbocycles. The summed E-state index contributed by atoms with van der Waals surface area (Å²) in [7, 11) is 2.12. The maximum absolute atomic E-state index is 5.97. The maximum atomic E-state index is 5.97. The Morgan fingerprint density at radius 1 is 1.28 bits per heavy atom. The Balaban J connectivity index is 2.62. The number of hydrogen-bond acceptors (Lipinski definition) is 1. The summed E-state index contributed by atoms with van der Waals surface area (Å²) in [6.45, 7) is 7.42. The molecule has 0 aliphatic rings. The lowest BCUT2D eigenvalue weighted by molar-refractivity contribution is 0.508. The molecule has 0 aliphatic carbocycles. The summed E-state index contributed by atoms with van der Waals surface area (Å²) in [5, 5.41) is 1.38. The SMILES string of the molecule is CCc1ccc2c(c1)c(C(CN)C(C)C)cn2C. The minimum Gasteiger partial charge on any atom is -0.350 e. The van der Waals surface area contributed by atoms with E-state index in [0.29, 0.717) is 18.4 Å². The van der Waals surface area contributed by atoms with E-state index >= 15 is 0 Å². The largest absolute Gasteiger partial charge is 0.350 e. The van der Waals surface area contributed by atoms with E-state index in [1.165, 1.54) is 22.0 Å². The summed E-state index contributed by atoms with van der Waals surface area (Å²) < 4.78 is 2.22.